The smallest absolute Gasteiger partial charge is 0.242 e. The standard InChI is InChI=1S/C17H20ClN3O2/c1-2-16-19-7-8-20(16)12-17(22)21-9-10-23-15(11-21)13-3-5-14(18)6-4-13/h3-8,15H,2,9-12H2,1H3/t15-/m0/s1. The zero-order valence-electron chi connectivity index (χ0n) is 13.1. The third kappa shape index (κ3) is 3.74. The summed E-state index contributed by atoms with van der Waals surface area (Å²) >= 11 is 5.92. The molecule has 1 atom stereocenters. The monoisotopic (exact) mass is 333 g/mol. The number of morpholine rings is 1. The fourth-order valence-electron chi connectivity index (χ4n) is 2.80. The first kappa shape index (κ1) is 16.0. The quantitative estimate of drug-likeness (QED) is 0.864. The van der Waals surface area contributed by atoms with Crippen molar-refractivity contribution in [3.63, 3.8) is 0 Å². The van der Waals surface area contributed by atoms with Gasteiger partial charge in [0.2, 0.25) is 5.91 Å². The van der Waals surface area contributed by atoms with Gasteiger partial charge in [-0.25, -0.2) is 4.98 Å². The largest absolute Gasteiger partial charge is 0.370 e. The second-order valence-electron chi connectivity index (χ2n) is 5.58. The number of aromatic nitrogens is 2. The summed E-state index contributed by atoms with van der Waals surface area (Å²) in [7, 11) is 0. The number of halogens is 1. The van der Waals surface area contributed by atoms with Crippen LogP contribution in [-0.4, -0.2) is 40.1 Å². The van der Waals surface area contributed by atoms with Gasteiger partial charge in [0.25, 0.3) is 0 Å². The van der Waals surface area contributed by atoms with Crippen LogP contribution in [0.5, 0.6) is 0 Å². The van der Waals surface area contributed by atoms with E-state index in [1.165, 1.54) is 0 Å². The highest BCUT2D eigenvalue weighted by atomic mass is 35.5. The maximum atomic E-state index is 12.6. The van der Waals surface area contributed by atoms with Crippen LogP contribution >= 0.6 is 11.6 Å². The van der Waals surface area contributed by atoms with E-state index in [1.54, 1.807) is 6.20 Å². The molecule has 23 heavy (non-hydrogen) atoms. The topological polar surface area (TPSA) is 47.4 Å². The fraction of sp³-hybridized carbons (Fsp3) is 0.412. The summed E-state index contributed by atoms with van der Waals surface area (Å²) in [6.07, 6.45) is 4.31. The van der Waals surface area contributed by atoms with Gasteiger partial charge in [-0.3, -0.25) is 4.79 Å². The van der Waals surface area contributed by atoms with Crippen molar-refractivity contribution >= 4 is 17.5 Å². The number of ether oxygens (including phenoxy) is 1. The molecule has 0 spiro atoms. The van der Waals surface area contributed by atoms with E-state index in [4.69, 9.17) is 16.3 Å². The molecule has 1 saturated heterocycles. The molecule has 2 heterocycles. The zero-order chi connectivity index (χ0) is 16.2. The van der Waals surface area contributed by atoms with Gasteiger partial charge in [-0.15, -0.1) is 0 Å². The first-order valence-electron chi connectivity index (χ1n) is 7.82. The Hall–Kier alpha value is -1.85. The summed E-state index contributed by atoms with van der Waals surface area (Å²) < 4.78 is 7.72. The van der Waals surface area contributed by atoms with Gasteiger partial charge in [-0.1, -0.05) is 30.7 Å². The van der Waals surface area contributed by atoms with E-state index in [-0.39, 0.29) is 12.0 Å². The van der Waals surface area contributed by atoms with E-state index in [2.05, 4.69) is 4.98 Å². The molecule has 0 bridgehead atoms. The fourth-order valence-corrected chi connectivity index (χ4v) is 2.92. The molecule has 1 aromatic heterocycles. The number of aryl methyl sites for hydroxylation is 1. The second-order valence-corrected chi connectivity index (χ2v) is 6.01. The molecule has 1 aliphatic rings. The van der Waals surface area contributed by atoms with Crippen LogP contribution in [0, 0.1) is 0 Å². The molecule has 1 aliphatic heterocycles. The van der Waals surface area contributed by atoms with Crippen molar-refractivity contribution in [1.82, 2.24) is 14.5 Å². The van der Waals surface area contributed by atoms with Crippen molar-refractivity contribution in [1.29, 1.82) is 0 Å². The van der Waals surface area contributed by atoms with Gasteiger partial charge < -0.3 is 14.2 Å². The highest BCUT2D eigenvalue weighted by molar-refractivity contribution is 6.30. The Balaban J connectivity index is 1.66. The molecule has 1 aromatic carbocycles. The number of hydrogen-bond acceptors (Lipinski definition) is 3. The van der Waals surface area contributed by atoms with Crippen molar-refractivity contribution in [2.45, 2.75) is 26.0 Å². The molecular weight excluding hydrogens is 314 g/mol. The Morgan fingerprint density at radius 1 is 1.39 bits per heavy atom. The van der Waals surface area contributed by atoms with Crippen LogP contribution in [0.2, 0.25) is 5.02 Å². The number of hydrogen-bond donors (Lipinski definition) is 0. The molecule has 122 valence electrons. The number of carbonyl (C=O) groups is 1. The van der Waals surface area contributed by atoms with Crippen molar-refractivity contribution < 1.29 is 9.53 Å². The lowest BCUT2D eigenvalue weighted by Crippen LogP contribution is -2.43. The van der Waals surface area contributed by atoms with E-state index < -0.39 is 0 Å². The highest BCUT2D eigenvalue weighted by Crippen LogP contribution is 2.24. The summed E-state index contributed by atoms with van der Waals surface area (Å²) in [5.74, 6) is 1.03. The van der Waals surface area contributed by atoms with E-state index in [1.807, 2.05) is 46.9 Å². The van der Waals surface area contributed by atoms with Crippen LogP contribution in [0.1, 0.15) is 24.4 Å². The second kappa shape index (κ2) is 7.15. The van der Waals surface area contributed by atoms with Crippen LogP contribution in [0.3, 0.4) is 0 Å². The molecule has 0 N–H and O–H groups in total. The molecule has 0 radical (unpaired) electrons. The SMILES string of the molecule is CCc1nccn1CC(=O)N1CCO[C@H](c2ccc(Cl)cc2)C1. The molecule has 0 unspecified atom stereocenters. The average molecular weight is 334 g/mol. The Morgan fingerprint density at radius 2 is 2.17 bits per heavy atom. The molecular formula is C17H20ClN3O2. The van der Waals surface area contributed by atoms with E-state index in [0.717, 1.165) is 17.8 Å². The highest BCUT2D eigenvalue weighted by Gasteiger charge is 2.25. The predicted molar refractivity (Wildman–Crippen MR) is 88.3 cm³/mol. The third-order valence-corrected chi connectivity index (χ3v) is 4.34. The number of nitrogens with zero attached hydrogens (tertiary/aromatic N) is 3. The molecule has 1 amide bonds. The van der Waals surface area contributed by atoms with Crippen molar-refractivity contribution in [2.75, 3.05) is 19.7 Å². The molecule has 0 saturated carbocycles. The summed E-state index contributed by atoms with van der Waals surface area (Å²) in [6.45, 7) is 4.10. The van der Waals surface area contributed by atoms with E-state index in [9.17, 15) is 4.79 Å². The number of amides is 1. The minimum absolute atomic E-state index is 0.0972. The lowest BCUT2D eigenvalue weighted by molar-refractivity contribution is -0.139. The lowest BCUT2D eigenvalue weighted by Gasteiger charge is -2.33. The first-order valence-corrected chi connectivity index (χ1v) is 8.20. The van der Waals surface area contributed by atoms with Crippen LogP contribution in [0.25, 0.3) is 0 Å². The molecule has 0 aliphatic carbocycles. The predicted octanol–water partition coefficient (Wildman–Crippen LogP) is 2.70. The Bertz CT molecular complexity index is 669. The van der Waals surface area contributed by atoms with Crippen LogP contribution < -0.4 is 0 Å². The minimum Gasteiger partial charge on any atom is -0.370 e. The number of benzene rings is 1. The number of imidazole rings is 1. The molecule has 1 fully saturated rings. The summed E-state index contributed by atoms with van der Waals surface area (Å²) in [6, 6.07) is 7.60. The summed E-state index contributed by atoms with van der Waals surface area (Å²) in [5, 5.41) is 0.699. The number of rotatable bonds is 4. The van der Waals surface area contributed by atoms with Gasteiger partial charge in [0.15, 0.2) is 0 Å². The van der Waals surface area contributed by atoms with E-state index >= 15 is 0 Å². The molecule has 5 nitrogen and oxygen atoms in total. The maximum Gasteiger partial charge on any atom is 0.242 e. The maximum absolute atomic E-state index is 12.6. The van der Waals surface area contributed by atoms with Crippen LogP contribution in [-0.2, 0) is 22.5 Å². The molecule has 3 rings (SSSR count). The van der Waals surface area contributed by atoms with Crippen LogP contribution in [0.4, 0.5) is 0 Å². The van der Waals surface area contributed by atoms with Crippen LogP contribution in [0.15, 0.2) is 36.7 Å². The average Bonchev–Trinajstić information content (AvgIpc) is 3.03. The number of carbonyl (C=O) groups excluding carboxylic acids is 1. The van der Waals surface area contributed by atoms with Crippen molar-refractivity contribution in [3.05, 3.63) is 53.1 Å². The summed E-state index contributed by atoms with van der Waals surface area (Å²) in [4.78, 5) is 18.7. The van der Waals surface area contributed by atoms with Gasteiger partial charge in [-0.05, 0) is 17.7 Å². The zero-order valence-corrected chi connectivity index (χ0v) is 13.9. The van der Waals surface area contributed by atoms with Crippen molar-refractivity contribution in [2.24, 2.45) is 0 Å². The van der Waals surface area contributed by atoms with Gasteiger partial charge in [0, 0.05) is 30.4 Å². The lowest BCUT2D eigenvalue weighted by atomic mass is 10.1. The Morgan fingerprint density at radius 3 is 2.91 bits per heavy atom. The van der Waals surface area contributed by atoms with Gasteiger partial charge >= 0.3 is 0 Å². The molecule has 2 aromatic rings. The third-order valence-electron chi connectivity index (χ3n) is 4.08. The van der Waals surface area contributed by atoms with E-state index in [0.29, 0.717) is 31.3 Å². The molecule has 6 heteroatoms. The summed E-state index contributed by atoms with van der Waals surface area (Å²) in [5.41, 5.74) is 1.05. The Labute approximate surface area is 140 Å². The van der Waals surface area contributed by atoms with Gasteiger partial charge in [-0.2, -0.15) is 0 Å². The first-order chi connectivity index (χ1) is 11.2. The minimum atomic E-state index is -0.0987. The normalized spacial score (nSPS) is 18.2. The van der Waals surface area contributed by atoms with Gasteiger partial charge in [0.1, 0.15) is 18.5 Å². The van der Waals surface area contributed by atoms with Crippen molar-refractivity contribution in [3.8, 4) is 0 Å². The Kier molecular flexibility index (Phi) is 4.98. The van der Waals surface area contributed by atoms with Gasteiger partial charge in [0.05, 0.1) is 13.2 Å².